The van der Waals surface area contributed by atoms with Crippen molar-refractivity contribution in [1.82, 2.24) is 19.9 Å². The summed E-state index contributed by atoms with van der Waals surface area (Å²) in [6, 6.07) is 8.01. The molecule has 0 bridgehead atoms. The van der Waals surface area contributed by atoms with Crippen molar-refractivity contribution in [2.24, 2.45) is 5.92 Å². The van der Waals surface area contributed by atoms with Crippen LogP contribution in [0.3, 0.4) is 0 Å². The Kier molecular flexibility index (Phi) is 4.15. The molecule has 1 atom stereocenters. The zero-order valence-corrected chi connectivity index (χ0v) is 15.2. The number of aromatic nitrogens is 3. The summed E-state index contributed by atoms with van der Waals surface area (Å²) >= 11 is 6.29. The lowest BCUT2D eigenvalue weighted by Crippen LogP contribution is -2.34. The van der Waals surface area contributed by atoms with E-state index in [2.05, 4.69) is 15.4 Å². The summed E-state index contributed by atoms with van der Waals surface area (Å²) < 4.78 is 14.8. The van der Waals surface area contributed by atoms with Crippen molar-refractivity contribution in [2.75, 3.05) is 0 Å². The lowest BCUT2D eigenvalue weighted by Gasteiger charge is -2.12. The van der Waals surface area contributed by atoms with Gasteiger partial charge in [-0.25, -0.2) is 13.9 Å². The molecule has 0 saturated heterocycles. The number of halogens is 2. The highest BCUT2D eigenvalue weighted by molar-refractivity contribution is 6.33. The van der Waals surface area contributed by atoms with Crippen molar-refractivity contribution in [3.05, 3.63) is 52.6 Å². The molecule has 2 heterocycles. The molecule has 5 nitrogen and oxygen atoms in total. The van der Waals surface area contributed by atoms with Crippen LogP contribution in [-0.4, -0.2) is 26.5 Å². The summed E-state index contributed by atoms with van der Waals surface area (Å²) in [6.07, 6.45) is 2.27. The second-order valence-corrected chi connectivity index (χ2v) is 7.15. The third-order valence-electron chi connectivity index (χ3n) is 4.73. The van der Waals surface area contributed by atoms with E-state index in [1.54, 1.807) is 16.6 Å². The number of carbonyl (C=O) groups excluding carboxylic acids is 1. The van der Waals surface area contributed by atoms with Gasteiger partial charge >= 0.3 is 0 Å². The van der Waals surface area contributed by atoms with Crippen LogP contribution in [0.1, 0.15) is 35.8 Å². The molecule has 1 aliphatic carbocycles. The Morgan fingerprint density at radius 3 is 2.69 bits per heavy atom. The first-order valence-corrected chi connectivity index (χ1v) is 8.94. The predicted molar refractivity (Wildman–Crippen MR) is 97.8 cm³/mol. The summed E-state index contributed by atoms with van der Waals surface area (Å²) in [5, 5.41) is 7.41. The molecule has 0 spiro atoms. The van der Waals surface area contributed by atoms with Crippen molar-refractivity contribution >= 4 is 23.2 Å². The maximum Gasteiger partial charge on any atom is 0.258 e. The molecule has 7 heteroatoms. The van der Waals surface area contributed by atoms with Gasteiger partial charge in [0.1, 0.15) is 11.4 Å². The molecule has 0 aliphatic heterocycles. The van der Waals surface area contributed by atoms with Crippen molar-refractivity contribution in [1.29, 1.82) is 0 Å². The Morgan fingerprint density at radius 2 is 2.04 bits per heavy atom. The number of fused-ring (bicyclic) bond motifs is 1. The highest BCUT2D eigenvalue weighted by Gasteiger charge is 2.31. The topological polar surface area (TPSA) is 59.3 Å². The van der Waals surface area contributed by atoms with Crippen molar-refractivity contribution < 1.29 is 9.18 Å². The Bertz CT molecular complexity index is 995. The molecular weight excluding hydrogens is 355 g/mol. The van der Waals surface area contributed by atoms with Gasteiger partial charge in [-0.2, -0.15) is 5.10 Å². The van der Waals surface area contributed by atoms with Gasteiger partial charge in [-0.3, -0.25) is 4.79 Å². The predicted octanol–water partition coefficient (Wildman–Crippen LogP) is 4.03. The molecule has 0 unspecified atom stereocenters. The van der Waals surface area contributed by atoms with Gasteiger partial charge in [-0.05, 0) is 62.9 Å². The van der Waals surface area contributed by atoms with Crippen LogP contribution in [0.4, 0.5) is 4.39 Å². The van der Waals surface area contributed by atoms with Crippen LogP contribution in [0.2, 0.25) is 5.15 Å². The Labute approximate surface area is 155 Å². The number of amides is 1. The molecule has 1 aromatic carbocycles. The normalized spacial score (nSPS) is 15.2. The van der Waals surface area contributed by atoms with Gasteiger partial charge in [0, 0.05) is 17.3 Å². The van der Waals surface area contributed by atoms with E-state index in [-0.39, 0.29) is 28.5 Å². The maximum atomic E-state index is 13.3. The van der Waals surface area contributed by atoms with Gasteiger partial charge < -0.3 is 5.32 Å². The molecule has 134 valence electrons. The van der Waals surface area contributed by atoms with Crippen LogP contribution in [0, 0.1) is 18.7 Å². The first-order chi connectivity index (χ1) is 12.4. The third kappa shape index (κ3) is 3.05. The maximum absolute atomic E-state index is 13.3. The minimum absolute atomic E-state index is 0.0925. The minimum Gasteiger partial charge on any atom is -0.349 e. The van der Waals surface area contributed by atoms with E-state index < -0.39 is 0 Å². The van der Waals surface area contributed by atoms with E-state index in [0.29, 0.717) is 17.3 Å². The van der Waals surface area contributed by atoms with Gasteiger partial charge in [0.25, 0.3) is 5.91 Å². The van der Waals surface area contributed by atoms with Gasteiger partial charge in [0.15, 0.2) is 10.8 Å². The average molecular weight is 373 g/mol. The fraction of sp³-hybridized carbons (Fsp3) is 0.316. The lowest BCUT2D eigenvalue weighted by molar-refractivity contribution is 0.0937. The fourth-order valence-corrected chi connectivity index (χ4v) is 3.37. The molecule has 1 aliphatic rings. The lowest BCUT2D eigenvalue weighted by atomic mass is 10.1. The Balaban J connectivity index is 1.81. The molecule has 3 aromatic rings. The molecule has 4 rings (SSSR count). The molecule has 0 radical (unpaired) electrons. The van der Waals surface area contributed by atoms with Crippen molar-refractivity contribution in [2.45, 2.75) is 32.7 Å². The number of aryl methyl sites for hydroxylation is 1. The number of carbonyl (C=O) groups is 1. The molecule has 1 N–H and O–H groups in total. The summed E-state index contributed by atoms with van der Waals surface area (Å²) in [7, 11) is 0. The quantitative estimate of drug-likeness (QED) is 0.752. The number of nitrogens with zero attached hydrogens (tertiary/aromatic N) is 3. The highest BCUT2D eigenvalue weighted by Crippen LogP contribution is 2.33. The summed E-state index contributed by atoms with van der Waals surface area (Å²) in [6.45, 7) is 3.83. The van der Waals surface area contributed by atoms with Crippen LogP contribution >= 0.6 is 11.6 Å². The number of hydrogen-bond acceptors (Lipinski definition) is 3. The minimum atomic E-state index is -0.316. The highest BCUT2D eigenvalue weighted by atomic mass is 35.5. The standard InChI is InChI=1S/C19H18ClFN4O/c1-10-9-15(13-5-7-14(21)8-6-13)25-18(22-10)16(17(20)24-25)19(26)23-11(2)12-3-4-12/h5-9,11-12H,3-4H2,1-2H3,(H,23,26)/t11-/m0/s1. The van der Waals surface area contributed by atoms with Crippen LogP contribution in [-0.2, 0) is 0 Å². The van der Waals surface area contributed by atoms with Crippen LogP contribution in [0.5, 0.6) is 0 Å². The first-order valence-electron chi connectivity index (χ1n) is 8.56. The average Bonchev–Trinajstić information content (AvgIpc) is 3.38. The second kappa shape index (κ2) is 6.36. The Hall–Kier alpha value is -2.47. The fourth-order valence-electron chi connectivity index (χ4n) is 3.13. The van der Waals surface area contributed by atoms with E-state index in [1.165, 1.54) is 12.1 Å². The van der Waals surface area contributed by atoms with Crippen LogP contribution in [0.15, 0.2) is 30.3 Å². The molecule has 1 saturated carbocycles. The first kappa shape index (κ1) is 17.0. The summed E-state index contributed by atoms with van der Waals surface area (Å²) in [4.78, 5) is 17.2. The number of benzene rings is 1. The smallest absolute Gasteiger partial charge is 0.258 e. The molecule has 26 heavy (non-hydrogen) atoms. The van der Waals surface area contributed by atoms with Gasteiger partial charge in [-0.15, -0.1) is 0 Å². The number of nitrogens with one attached hydrogen (secondary N) is 1. The monoisotopic (exact) mass is 372 g/mol. The van der Waals surface area contributed by atoms with E-state index in [1.807, 2.05) is 19.9 Å². The van der Waals surface area contributed by atoms with Gasteiger partial charge in [-0.1, -0.05) is 11.6 Å². The molecule has 2 aromatic heterocycles. The van der Waals surface area contributed by atoms with E-state index in [9.17, 15) is 9.18 Å². The molecule has 1 fully saturated rings. The van der Waals surface area contributed by atoms with E-state index >= 15 is 0 Å². The number of rotatable bonds is 4. The SMILES string of the molecule is Cc1cc(-c2ccc(F)cc2)n2nc(Cl)c(C(=O)N[C@@H](C)C3CC3)c2n1. The van der Waals surface area contributed by atoms with E-state index in [0.717, 1.165) is 24.1 Å². The van der Waals surface area contributed by atoms with Crippen molar-refractivity contribution in [3.8, 4) is 11.3 Å². The van der Waals surface area contributed by atoms with Crippen LogP contribution < -0.4 is 5.32 Å². The Morgan fingerprint density at radius 1 is 1.35 bits per heavy atom. The summed E-state index contributed by atoms with van der Waals surface area (Å²) in [5.74, 6) is -0.0556. The zero-order chi connectivity index (χ0) is 18.4. The van der Waals surface area contributed by atoms with Crippen LogP contribution in [0.25, 0.3) is 16.9 Å². The van der Waals surface area contributed by atoms with E-state index in [4.69, 9.17) is 11.6 Å². The van der Waals surface area contributed by atoms with Gasteiger partial charge in [0.05, 0.1) is 5.69 Å². The van der Waals surface area contributed by atoms with Crippen molar-refractivity contribution in [3.63, 3.8) is 0 Å². The molecule has 1 amide bonds. The summed E-state index contributed by atoms with van der Waals surface area (Å²) in [5.41, 5.74) is 2.85. The third-order valence-corrected chi connectivity index (χ3v) is 4.99. The largest absolute Gasteiger partial charge is 0.349 e. The molecular formula is C19H18ClFN4O. The second-order valence-electron chi connectivity index (χ2n) is 6.79. The zero-order valence-electron chi connectivity index (χ0n) is 14.5. The number of hydrogen-bond donors (Lipinski definition) is 1. The van der Waals surface area contributed by atoms with Gasteiger partial charge in [0.2, 0.25) is 0 Å².